The van der Waals surface area contributed by atoms with Crippen molar-refractivity contribution in [1.29, 1.82) is 0 Å². The molecule has 0 spiro atoms. The molecular formula is C25H24FN3O5S. The molecule has 1 fully saturated rings. The summed E-state index contributed by atoms with van der Waals surface area (Å²) in [7, 11) is -4.29. The summed E-state index contributed by atoms with van der Waals surface area (Å²) in [5.41, 5.74) is 0.514. The number of para-hydroxylation sites is 1. The van der Waals surface area contributed by atoms with Crippen molar-refractivity contribution in [2.24, 2.45) is 0 Å². The maximum absolute atomic E-state index is 14.9. The number of hydrogen-bond acceptors (Lipinski definition) is 7. The fraction of sp³-hybridized carbons (Fsp3) is 0.280. The number of anilines is 1. The topological polar surface area (TPSA) is 113 Å². The number of rotatable bonds is 5. The Morgan fingerprint density at radius 1 is 1.23 bits per heavy atom. The standard InChI is InChI=1S/C25H24FN3O5S/c1-14-7-8-15-5-4-6-21(23(15)27-14)35(32,33)28-24(30)20-13-17-18(26)11-16(12-19(17)34-20)29-10-9-22(29)25(2,3)31/h4-8,11-13,22,31H,9-10H2,1-3H3,(H,28,30). The molecule has 2 aromatic heterocycles. The summed E-state index contributed by atoms with van der Waals surface area (Å²) in [6.45, 7) is 5.77. The first-order chi connectivity index (χ1) is 16.4. The van der Waals surface area contributed by atoms with E-state index >= 15 is 0 Å². The van der Waals surface area contributed by atoms with Crippen LogP contribution in [0.4, 0.5) is 10.1 Å². The van der Waals surface area contributed by atoms with Crippen LogP contribution in [0.15, 0.2) is 57.8 Å². The number of fused-ring (bicyclic) bond motifs is 2. The molecule has 2 aromatic carbocycles. The monoisotopic (exact) mass is 497 g/mol. The van der Waals surface area contributed by atoms with Crippen LogP contribution in [0, 0.1) is 12.7 Å². The first kappa shape index (κ1) is 23.3. The summed E-state index contributed by atoms with van der Waals surface area (Å²) in [5, 5.41) is 11.0. The largest absolute Gasteiger partial charge is 0.451 e. The van der Waals surface area contributed by atoms with Gasteiger partial charge in [0.1, 0.15) is 16.3 Å². The normalized spacial score (nSPS) is 16.5. The van der Waals surface area contributed by atoms with Gasteiger partial charge in [-0.05, 0) is 45.4 Å². The highest BCUT2D eigenvalue weighted by Crippen LogP contribution is 2.36. The highest BCUT2D eigenvalue weighted by molar-refractivity contribution is 7.90. The smallest absolute Gasteiger partial charge is 0.300 e. The van der Waals surface area contributed by atoms with Crippen LogP contribution in [0.5, 0.6) is 0 Å². The zero-order valence-corrected chi connectivity index (χ0v) is 20.2. The van der Waals surface area contributed by atoms with Gasteiger partial charge >= 0.3 is 5.91 Å². The van der Waals surface area contributed by atoms with Gasteiger partial charge in [-0.2, -0.15) is 0 Å². The molecule has 1 aliphatic rings. The van der Waals surface area contributed by atoms with Gasteiger partial charge in [0.05, 0.1) is 22.5 Å². The zero-order chi connectivity index (χ0) is 25.1. The summed E-state index contributed by atoms with van der Waals surface area (Å²) >= 11 is 0. The summed E-state index contributed by atoms with van der Waals surface area (Å²) in [6.07, 6.45) is 0.759. The Morgan fingerprint density at radius 2 is 2.00 bits per heavy atom. The first-order valence-electron chi connectivity index (χ1n) is 11.1. The second-order valence-corrected chi connectivity index (χ2v) is 11.0. The number of pyridine rings is 1. The number of aliphatic hydroxyl groups is 1. The van der Waals surface area contributed by atoms with Crippen molar-refractivity contribution >= 4 is 43.5 Å². The van der Waals surface area contributed by atoms with Crippen molar-refractivity contribution in [3.8, 4) is 0 Å². The predicted octanol–water partition coefficient (Wildman–Crippen LogP) is 3.90. The average molecular weight is 498 g/mol. The molecule has 2 N–H and O–H groups in total. The molecular weight excluding hydrogens is 473 g/mol. The molecule has 182 valence electrons. The maximum atomic E-state index is 14.9. The molecule has 8 nitrogen and oxygen atoms in total. The second-order valence-electron chi connectivity index (χ2n) is 9.32. The molecule has 4 aromatic rings. The van der Waals surface area contributed by atoms with E-state index in [-0.39, 0.29) is 33.2 Å². The summed E-state index contributed by atoms with van der Waals surface area (Å²) < 4.78 is 48.5. The molecule has 3 heterocycles. The number of amides is 1. The third-order valence-electron chi connectivity index (χ3n) is 6.30. The third kappa shape index (κ3) is 4.12. The van der Waals surface area contributed by atoms with E-state index in [0.717, 1.165) is 6.42 Å². The molecule has 1 aliphatic heterocycles. The van der Waals surface area contributed by atoms with Crippen LogP contribution >= 0.6 is 0 Å². The van der Waals surface area contributed by atoms with E-state index in [4.69, 9.17) is 4.42 Å². The first-order valence-corrected chi connectivity index (χ1v) is 12.6. The summed E-state index contributed by atoms with van der Waals surface area (Å²) in [6, 6.07) is 12.1. The third-order valence-corrected chi connectivity index (χ3v) is 7.66. The Balaban J connectivity index is 1.46. The van der Waals surface area contributed by atoms with E-state index in [9.17, 15) is 22.7 Å². The number of aromatic nitrogens is 1. The van der Waals surface area contributed by atoms with E-state index in [1.165, 1.54) is 18.2 Å². The lowest BCUT2D eigenvalue weighted by Gasteiger charge is -2.48. The van der Waals surface area contributed by atoms with E-state index < -0.39 is 27.3 Å². The molecule has 1 saturated heterocycles. The predicted molar refractivity (Wildman–Crippen MR) is 129 cm³/mol. The lowest BCUT2D eigenvalue weighted by molar-refractivity contribution is 0.0293. The van der Waals surface area contributed by atoms with Crippen molar-refractivity contribution in [1.82, 2.24) is 9.71 Å². The Morgan fingerprint density at radius 3 is 2.69 bits per heavy atom. The molecule has 0 aliphatic carbocycles. The Kier molecular flexibility index (Phi) is 5.33. The van der Waals surface area contributed by atoms with Crippen LogP contribution in [0.1, 0.15) is 36.5 Å². The van der Waals surface area contributed by atoms with Gasteiger partial charge in [0, 0.05) is 35.4 Å². The zero-order valence-electron chi connectivity index (χ0n) is 19.4. The van der Waals surface area contributed by atoms with Crippen molar-refractivity contribution in [2.75, 3.05) is 11.4 Å². The van der Waals surface area contributed by atoms with Gasteiger partial charge in [0.25, 0.3) is 10.0 Å². The van der Waals surface area contributed by atoms with Crippen LogP contribution in [0.3, 0.4) is 0 Å². The van der Waals surface area contributed by atoms with Crippen molar-refractivity contribution in [3.63, 3.8) is 0 Å². The fourth-order valence-corrected chi connectivity index (χ4v) is 5.58. The van der Waals surface area contributed by atoms with Crippen LogP contribution < -0.4 is 9.62 Å². The van der Waals surface area contributed by atoms with Gasteiger partial charge in [-0.25, -0.2) is 17.5 Å². The Hall–Kier alpha value is -3.50. The second kappa shape index (κ2) is 8.03. The average Bonchev–Trinajstić information content (AvgIpc) is 3.16. The number of carbonyl (C=O) groups excluding carboxylic acids is 1. The fourth-order valence-electron chi connectivity index (χ4n) is 4.45. The number of nitrogens with one attached hydrogen (secondary N) is 1. The van der Waals surface area contributed by atoms with Crippen molar-refractivity contribution < 1.29 is 27.1 Å². The quantitative estimate of drug-likeness (QED) is 0.430. The number of furan rings is 1. The van der Waals surface area contributed by atoms with Crippen LogP contribution in [-0.4, -0.2) is 42.6 Å². The number of nitrogens with zero attached hydrogens (tertiary/aromatic N) is 2. The maximum Gasteiger partial charge on any atom is 0.300 e. The number of sulfonamides is 1. The molecule has 10 heteroatoms. The molecule has 1 unspecified atom stereocenters. The van der Waals surface area contributed by atoms with E-state index in [2.05, 4.69) is 4.98 Å². The van der Waals surface area contributed by atoms with Crippen LogP contribution in [-0.2, 0) is 10.0 Å². The minimum absolute atomic E-state index is 0.0547. The van der Waals surface area contributed by atoms with E-state index in [1.54, 1.807) is 51.1 Å². The number of benzene rings is 2. The molecule has 0 saturated carbocycles. The molecule has 35 heavy (non-hydrogen) atoms. The Labute approximate surface area is 201 Å². The summed E-state index contributed by atoms with van der Waals surface area (Å²) in [5.74, 6) is -1.98. The van der Waals surface area contributed by atoms with Gasteiger partial charge < -0.3 is 14.4 Å². The molecule has 0 bridgehead atoms. The van der Waals surface area contributed by atoms with E-state index in [0.29, 0.717) is 23.3 Å². The van der Waals surface area contributed by atoms with Crippen molar-refractivity contribution in [3.05, 3.63) is 65.8 Å². The Bertz CT molecular complexity index is 1590. The van der Waals surface area contributed by atoms with Gasteiger partial charge in [-0.3, -0.25) is 9.78 Å². The minimum atomic E-state index is -4.29. The lowest BCUT2D eigenvalue weighted by atomic mass is 9.87. The SMILES string of the molecule is Cc1ccc2cccc(S(=O)(=O)NC(=O)c3cc4c(F)cc(N5CCC5C(C)(C)O)cc4o3)c2n1. The van der Waals surface area contributed by atoms with Crippen LogP contribution in [0.25, 0.3) is 21.9 Å². The van der Waals surface area contributed by atoms with Crippen LogP contribution in [0.2, 0.25) is 0 Å². The van der Waals surface area contributed by atoms with Gasteiger partial charge in [-0.1, -0.05) is 18.2 Å². The summed E-state index contributed by atoms with van der Waals surface area (Å²) in [4.78, 5) is 18.8. The lowest BCUT2D eigenvalue weighted by Crippen LogP contribution is -2.58. The number of hydrogen-bond donors (Lipinski definition) is 2. The number of halogens is 1. The molecule has 0 radical (unpaired) electrons. The minimum Gasteiger partial charge on any atom is -0.451 e. The van der Waals surface area contributed by atoms with Crippen molar-refractivity contribution in [2.45, 2.75) is 43.7 Å². The molecule has 1 amide bonds. The highest BCUT2D eigenvalue weighted by atomic mass is 32.2. The number of aryl methyl sites for hydroxylation is 1. The van der Waals surface area contributed by atoms with Gasteiger partial charge in [0.2, 0.25) is 0 Å². The van der Waals surface area contributed by atoms with E-state index in [1.807, 2.05) is 9.62 Å². The molecule has 5 rings (SSSR count). The molecule has 1 atom stereocenters. The number of carbonyl (C=O) groups is 1. The van der Waals surface area contributed by atoms with Gasteiger partial charge in [-0.15, -0.1) is 0 Å². The highest BCUT2D eigenvalue weighted by Gasteiger charge is 2.39. The van der Waals surface area contributed by atoms with Gasteiger partial charge in [0.15, 0.2) is 5.76 Å².